The van der Waals surface area contributed by atoms with Crippen LogP contribution in [0.5, 0.6) is 0 Å². The van der Waals surface area contributed by atoms with Crippen molar-refractivity contribution in [3.05, 3.63) is 35.9 Å². The van der Waals surface area contributed by atoms with E-state index in [-0.39, 0.29) is 19.6 Å². The van der Waals surface area contributed by atoms with Gasteiger partial charge in [0, 0.05) is 6.42 Å². The SMILES string of the molecule is COC(=O)C1C[C@@H](OCC(F)F)CN1C(=O)OCc1ccccc1. The highest BCUT2D eigenvalue weighted by molar-refractivity contribution is 5.82. The minimum absolute atomic E-state index is 0.000109. The van der Waals surface area contributed by atoms with Gasteiger partial charge in [-0.05, 0) is 5.56 Å². The smallest absolute Gasteiger partial charge is 0.410 e. The maximum absolute atomic E-state index is 12.3. The molecule has 0 N–H and O–H groups in total. The van der Waals surface area contributed by atoms with Gasteiger partial charge >= 0.3 is 12.1 Å². The van der Waals surface area contributed by atoms with E-state index < -0.39 is 37.2 Å². The summed E-state index contributed by atoms with van der Waals surface area (Å²) in [6, 6.07) is 8.15. The number of benzene rings is 1. The Morgan fingerprint density at radius 3 is 2.62 bits per heavy atom. The molecular weight excluding hydrogens is 324 g/mol. The molecule has 1 amide bonds. The van der Waals surface area contributed by atoms with Crippen molar-refractivity contribution >= 4 is 12.1 Å². The second-order valence-corrected chi connectivity index (χ2v) is 5.31. The van der Waals surface area contributed by atoms with E-state index in [1.807, 2.05) is 18.2 Å². The highest BCUT2D eigenvalue weighted by Crippen LogP contribution is 2.23. The number of alkyl halides is 2. The molecule has 0 saturated carbocycles. The van der Waals surface area contributed by atoms with Gasteiger partial charge in [-0.3, -0.25) is 4.90 Å². The van der Waals surface area contributed by atoms with Crippen LogP contribution in [0.4, 0.5) is 13.6 Å². The maximum atomic E-state index is 12.3. The number of esters is 1. The van der Waals surface area contributed by atoms with Gasteiger partial charge in [0.05, 0.1) is 19.8 Å². The van der Waals surface area contributed by atoms with Crippen molar-refractivity contribution < 1.29 is 32.6 Å². The van der Waals surface area contributed by atoms with E-state index in [9.17, 15) is 18.4 Å². The first-order valence-corrected chi connectivity index (χ1v) is 7.46. The van der Waals surface area contributed by atoms with Crippen molar-refractivity contribution in [1.82, 2.24) is 4.90 Å². The predicted molar refractivity (Wildman–Crippen MR) is 79.5 cm³/mol. The highest BCUT2D eigenvalue weighted by atomic mass is 19.3. The summed E-state index contributed by atoms with van der Waals surface area (Å²) < 4.78 is 39.4. The van der Waals surface area contributed by atoms with Crippen LogP contribution in [0.3, 0.4) is 0 Å². The number of methoxy groups -OCH3 is 1. The van der Waals surface area contributed by atoms with Crippen LogP contribution >= 0.6 is 0 Å². The summed E-state index contributed by atoms with van der Waals surface area (Å²) in [6.07, 6.45) is -3.88. The Hall–Kier alpha value is -2.22. The van der Waals surface area contributed by atoms with Crippen LogP contribution in [0, 0.1) is 0 Å². The third-order valence-electron chi connectivity index (χ3n) is 3.63. The first-order chi connectivity index (χ1) is 11.5. The summed E-state index contributed by atoms with van der Waals surface area (Å²) in [4.78, 5) is 25.2. The van der Waals surface area contributed by atoms with Crippen molar-refractivity contribution in [1.29, 1.82) is 0 Å². The second kappa shape index (κ2) is 8.58. The zero-order valence-corrected chi connectivity index (χ0v) is 13.2. The Morgan fingerprint density at radius 1 is 1.29 bits per heavy atom. The lowest BCUT2D eigenvalue weighted by Gasteiger charge is -2.21. The van der Waals surface area contributed by atoms with E-state index in [0.29, 0.717) is 0 Å². The molecule has 1 aliphatic rings. The molecule has 0 aromatic heterocycles. The zero-order chi connectivity index (χ0) is 17.5. The lowest BCUT2D eigenvalue weighted by molar-refractivity contribution is -0.145. The van der Waals surface area contributed by atoms with Gasteiger partial charge in [-0.1, -0.05) is 30.3 Å². The lowest BCUT2D eigenvalue weighted by Crippen LogP contribution is -2.41. The number of hydrogen-bond donors (Lipinski definition) is 0. The molecule has 2 rings (SSSR count). The molecule has 1 aromatic carbocycles. The van der Waals surface area contributed by atoms with Crippen molar-refractivity contribution in [2.75, 3.05) is 20.3 Å². The first-order valence-electron chi connectivity index (χ1n) is 7.46. The molecule has 0 bridgehead atoms. The van der Waals surface area contributed by atoms with Gasteiger partial charge in [-0.2, -0.15) is 0 Å². The van der Waals surface area contributed by atoms with E-state index in [1.54, 1.807) is 12.1 Å². The molecule has 1 aliphatic heterocycles. The maximum Gasteiger partial charge on any atom is 0.410 e. The Balaban J connectivity index is 1.95. The molecule has 24 heavy (non-hydrogen) atoms. The fraction of sp³-hybridized carbons (Fsp3) is 0.500. The number of amides is 1. The number of rotatable bonds is 6. The molecule has 2 atom stereocenters. The molecule has 6 nitrogen and oxygen atoms in total. The van der Waals surface area contributed by atoms with Gasteiger partial charge in [-0.25, -0.2) is 18.4 Å². The molecule has 132 valence electrons. The topological polar surface area (TPSA) is 65.1 Å². The van der Waals surface area contributed by atoms with E-state index in [0.717, 1.165) is 10.5 Å². The minimum atomic E-state index is -2.61. The molecule has 1 unspecified atom stereocenters. The monoisotopic (exact) mass is 343 g/mol. The molecular formula is C16H19F2NO5. The Bertz CT molecular complexity index is 555. The summed E-state index contributed by atoms with van der Waals surface area (Å²) in [5.74, 6) is -0.630. The van der Waals surface area contributed by atoms with Gasteiger partial charge in [0.1, 0.15) is 19.3 Å². The number of carbonyl (C=O) groups excluding carboxylic acids is 2. The van der Waals surface area contributed by atoms with Crippen LogP contribution in [-0.4, -0.2) is 55.8 Å². The van der Waals surface area contributed by atoms with Gasteiger partial charge < -0.3 is 14.2 Å². The molecule has 1 saturated heterocycles. The van der Waals surface area contributed by atoms with Gasteiger partial charge in [0.25, 0.3) is 6.43 Å². The normalized spacial score (nSPS) is 20.2. The average molecular weight is 343 g/mol. The van der Waals surface area contributed by atoms with Crippen molar-refractivity contribution in [3.63, 3.8) is 0 Å². The first kappa shape index (κ1) is 18.1. The molecule has 1 heterocycles. The summed E-state index contributed by atoms with van der Waals surface area (Å²) in [5.41, 5.74) is 0.796. The molecule has 0 radical (unpaired) electrons. The Morgan fingerprint density at radius 2 is 2.00 bits per heavy atom. The second-order valence-electron chi connectivity index (χ2n) is 5.31. The van der Waals surface area contributed by atoms with Gasteiger partial charge in [0.15, 0.2) is 0 Å². The number of halogens is 2. The standard InChI is InChI=1S/C16H19F2NO5/c1-22-15(20)13-7-12(23-10-14(17)18)8-19(13)16(21)24-9-11-5-3-2-4-6-11/h2-6,12-14H,7-10H2,1H3/t12-,13?/m1/s1. The third-order valence-corrected chi connectivity index (χ3v) is 3.63. The van der Waals surface area contributed by atoms with Crippen molar-refractivity contribution in [2.45, 2.75) is 31.6 Å². The fourth-order valence-corrected chi connectivity index (χ4v) is 2.49. The summed E-state index contributed by atoms with van der Waals surface area (Å²) in [5, 5.41) is 0. The number of ether oxygens (including phenoxy) is 3. The molecule has 8 heteroatoms. The average Bonchev–Trinajstić information content (AvgIpc) is 3.02. The molecule has 1 fully saturated rings. The number of nitrogens with zero attached hydrogens (tertiary/aromatic N) is 1. The number of likely N-dealkylation sites (tertiary alicyclic amines) is 1. The Labute approximate surface area is 138 Å². The molecule has 1 aromatic rings. The Kier molecular flexibility index (Phi) is 6.48. The van der Waals surface area contributed by atoms with Crippen LogP contribution in [0.15, 0.2) is 30.3 Å². The number of carbonyl (C=O) groups is 2. The van der Waals surface area contributed by atoms with Crippen LogP contribution in [0.25, 0.3) is 0 Å². The fourth-order valence-electron chi connectivity index (χ4n) is 2.49. The lowest BCUT2D eigenvalue weighted by atomic mass is 10.2. The highest BCUT2D eigenvalue weighted by Gasteiger charge is 2.42. The largest absolute Gasteiger partial charge is 0.467 e. The van der Waals surface area contributed by atoms with E-state index in [1.165, 1.54) is 7.11 Å². The summed E-state index contributed by atoms with van der Waals surface area (Å²) in [6.45, 7) is -0.696. The zero-order valence-electron chi connectivity index (χ0n) is 13.2. The summed E-state index contributed by atoms with van der Waals surface area (Å²) in [7, 11) is 1.20. The van der Waals surface area contributed by atoms with Crippen LogP contribution in [0.2, 0.25) is 0 Å². The van der Waals surface area contributed by atoms with E-state index in [4.69, 9.17) is 9.47 Å². The third kappa shape index (κ3) is 4.89. The molecule has 0 spiro atoms. The van der Waals surface area contributed by atoms with E-state index >= 15 is 0 Å². The minimum Gasteiger partial charge on any atom is -0.467 e. The molecule has 0 aliphatic carbocycles. The van der Waals surface area contributed by atoms with Crippen LogP contribution < -0.4 is 0 Å². The van der Waals surface area contributed by atoms with Crippen LogP contribution in [-0.2, 0) is 25.6 Å². The quantitative estimate of drug-likeness (QED) is 0.741. The van der Waals surface area contributed by atoms with E-state index in [2.05, 4.69) is 4.74 Å². The van der Waals surface area contributed by atoms with Crippen molar-refractivity contribution in [3.8, 4) is 0 Å². The summed E-state index contributed by atoms with van der Waals surface area (Å²) >= 11 is 0. The predicted octanol–water partition coefficient (Wildman–Crippen LogP) is 2.22. The number of hydrogen-bond acceptors (Lipinski definition) is 5. The van der Waals surface area contributed by atoms with Gasteiger partial charge in [-0.15, -0.1) is 0 Å². The van der Waals surface area contributed by atoms with Gasteiger partial charge in [0.2, 0.25) is 0 Å². The van der Waals surface area contributed by atoms with Crippen LogP contribution in [0.1, 0.15) is 12.0 Å². The van der Waals surface area contributed by atoms with Crippen molar-refractivity contribution in [2.24, 2.45) is 0 Å².